The van der Waals surface area contributed by atoms with Gasteiger partial charge in [-0.1, -0.05) is 6.07 Å². The van der Waals surface area contributed by atoms with Gasteiger partial charge in [-0.05, 0) is 31.8 Å². The highest BCUT2D eigenvalue weighted by atomic mass is 16.3. The lowest BCUT2D eigenvalue weighted by atomic mass is 10.1. The number of aliphatic hydroxyl groups excluding tert-OH is 2. The molecule has 0 aliphatic heterocycles. The van der Waals surface area contributed by atoms with E-state index in [0.29, 0.717) is 17.7 Å². The van der Waals surface area contributed by atoms with Gasteiger partial charge in [-0.2, -0.15) is 0 Å². The Labute approximate surface area is 89.4 Å². The molecule has 0 amide bonds. The molecule has 3 N–H and O–H groups in total. The van der Waals surface area contributed by atoms with E-state index in [1.54, 1.807) is 12.1 Å². The molecular formula is C11H17NO3. The predicted molar refractivity (Wildman–Crippen MR) is 57.5 cm³/mol. The Kier molecular flexibility index (Phi) is 4.08. The molecule has 0 aliphatic rings. The first-order chi connectivity index (χ1) is 7.04. The molecule has 84 valence electrons. The van der Waals surface area contributed by atoms with Gasteiger partial charge in [0.1, 0.15) is 5.75 Å². The molecular weight excluding hydrogens is 194 g/mol. The minimum absolute atomic E-state index is 0.0540. The van der Waals surface area contributed by atoms with Crippen LogP contribution in [0.15, 0.2) is 18.2 Å². The summed E-state index contributed by atoms with van der Waals surface area (Å²) in [5.74, 6) is 0.0540. The number of aliphatic hydroxyl groups is 2. The van der Waals surface area contributed by atoms with Gasteiger partial charge in [0.2, 0.25) is 0 Å². The maximum atomic E-state index is 9.80. The van der Waals surface area contributed by atoms with Crippen LogP contribution in [0.2, 0.25) is 0 Å². The monoisotopic (exact) mass is 211 g/mol. The van der Waals surface area contributed by atoms with E-state index in [2.05, 4.69) is 0 Å². The van der Waals surface area contributed by atoms with Crippen LogP contribution in [0.5, 0.6) is 5.75 Å². The van der Waals surface area contributed by atoms with Gasteiger partial charge in [0.25, 0.3) is 0 Å². The van der Waals surface area contributed by atoms with E-state index in [4.69, 9.17) is 5.11 Å². The number of nitrogens with zero attached hydrogens (tertiary/aromatic N) is 1. The third-order valence-corrected chi connectivity index (χ3v) is 2.20. The van der Waals surface area contributed by atoms with Crippen molar-refractivity contribution in [2.75, 3.05) is 20.6 Å². The fourth-order valence-electron chi connectivity index (χ4n) is 1.39. The van der Waals surface area contributed by atoms with Gasteiger partial charge in [0, 0.05) is 12.1 Å². The van der Waals surface area contributed by atoms with E-state index >= 15 is 0 Å². The Morgan fingerprint density at radius 1 is 1.33 bits per heavy atom. The summed E-state index contributed by atoms with van der Waals surface area (Å²) in [4.78, 5) is 1.87. The standard InChI is InChI=1S/C11H17NO3/c1-12(2)6-11(15)8-3-4-10(14)9(5-8)7-13/h3-5,11,13-15H,6-7H2,1-2H3. The summed E-state index contributed by atoms with van der Waals surface area (Å²) in [5.41, 5.74) is 1.14. The van der Waals surface area contributed by atoms with Gasteiger partial charge in [0.05, 0.1) is 12.7 Å². The van der Waals surface area contributed by atoms with Crippen LogP contribution in [0.1, 0.15) is 17.2 Å². The normalized spacial score (nSPS) is 13.1. The molecule has 1 aromatic rings. The summed E-state index contributed by atoms with van der Waals surface area (Å²) >= 11 is 0. The minimum atomic E-state index is -0.606. The Morgan fingerprint density at radius 3 is 2.53 bits per heavy atom. The SMILES string of the molecule is CN(C)CC(O)c1ccc(O)c(CO)c1. The fraction of sp³-hybridized carbons (Fsp3) is 0.455. The second-order valence-electron chi connectivity index (χ2n) is 3.82. The van der Waals surface area contributed by atoms with E-state index in [1.165, 1.54) is 6.07 Å². The van der Waals surface area contributed by atoms with Crippen LogP contribution in [-0.2, 0) is 6.61 Å². The molecule has 4 nitrogen and oxygen atoms in total. The van der Waals surface area contributed by atoms with Gasteiger partial charge in [-0.25, -0.2) is 0 Å². The first-order valence-electron chi connectivity index (χ1n) is 4.80. The molecule has 0 spiro atoms. The van der Waals surface area contributed by atoms with Gasteiger partial charge >= 0.3 is 0 Å². The predicted octanol–water partition coefficient (Wildman–Crippen LogP) is 0.479. The number of phenols is 1. The Hall–Kier alpha value is -1.10. The van der Waals surface area contributed by atoms with Crippen LogP contribution in [0.3, 0.4) is 0 Å². The molecule has 0 bridgehead atoms. The maximum Gasteiger partial charge on any atom is 0.121 e. The van der Waals surface area contributed by atoms with Crippen LogP contribution in [-0.4, -0.2) is 40.9 Å². The Balaban J connectivity index is 2.85. The van der Waals surface area contributed by atoms with Crippen molar-refractivity contribution >= 4 is 0 Å². The number of rotatable bonds is 4. The molecule has 0 fully saturated rings. The molecule has 1 atom stereocenters. The van der Waals surface area contributed by atoms with Gasteiger partial charge < -0.3 is 20.2 Å². The van der Waals surface area contributed by atoms with Crippen molar-refractivity contribution in [2.24, 2.45) is 0 Å². The number of likely N-dealkylation sites (N-methyl/N-ethyl adjacent to an activating group) is 1. The van der Waals surface area contributed by atoms with E-state index < -0.39 is 6.10 Å². The molecule has 0 radical (unpaired) electrons. The van der Waals surface area contributed by atoms with Crippen LogP contribution < -0.4 is 0 Å². The molecule has 1 rings (SSSR count). The first-order valence-corrected chi connectivity index (χ1v) is 4.80. The number of aromatic hydroxyl groups is 1. The van der Waals surface area contributed by atoms with E-state index in [1.807, 2.05) is 19.0 Å². The highest BCUT2D eigenvalue weighted by Crippen LogP contribution is 2.22. The second-order valence-corrected chi connectivity index (χ2v) is 3.82. The summed E-state index contributed by atoms with van der Waals surface area (Å²) in [6.45, 7) is 0.282. The lowest BCUT2D eigenvalue weighted by Crippen LogP contribution is -2.20. The largest absolute Gasteiger partial charge is 0.508 e. The van der Waals surface area contributed by atoms with Crippen molar-refractivity contribution in [1.82, 2.24) is 4.90 Å². The summed E-state index contributed by atoms with van der Waals surface area (Å²) < 4.78 is 0. The van der Waals surface area contributed by atoms with Gasteiger partial charge in [-0.15, -0.1) is 0 Å². The zero-order valence-electron chi connectivity index (χ0n) is 9.01. The van der Waals surface area contributed by atoms with Crippen molar-refractivity contribution in [3.8, 4) is 5.75 Å². The third-order valence-electron chi connectivity index (χ3n) is 2.20. The van der Waals surface area contributed by atoms with E-state index in [9.17, 15) is 10.2 Å². The smallest absolute Gasteiger partial charge is 0.121 e. The van der Waals surface area contributed by atoms with Crippen LogP contribution in [0, 0.1) is 0 Å². The number of hydrogen-bond donors (Lipinski definition) is 3. The van der Waals surface area contributed by atoms with E-state index in [-0.39, 0.29) is 12.4 Å². The molecule has 0 aliphatic carbocycles. The third kappa shape index (κ3) is 3.20. The lowest BCUT2D eigenvalue weighted by molar-refractivity contribution is 0.138. The second kappa shape index (κ2) is 5.11. The number of hydrogen-bond acceptors (Lipinski definition) is 4. The number of benzene rings is 1. The molecule has 0 heterocycles. The maximum absolute atomic E-state index is 9.80. The van der Waals surface area contributed by atoms with Gasteiger partial charge in [-0.3, -0.25) is 0 Å². The van der Waals surface area contributed by atoms with E-state index in [0.717, 1.165) is 0 Å². The van der Waals surface area contributed by atoms with Crippen molar-refractivity contribution in [3.63, 3.8) is 0 Å². The van der Waals surface area contributed by atoms with Crippen LogP contribution in [0.25, 0.3) is 0 Å². The average Bonchev–Trinajstić information content (AvgIpc) is 2.17. The molecule has 1 unspecified atom stereocenters. The molecule has 4 heteroatoms. The molecule has 0 saturated carbocycles. The van der Waals surface area contributed by atoms with Crippen molar-refractivity contribution in [1.29, 1.82) is 0 Å². The average molecular weight is 211 g/mol. The summed E-state index contributed by atoms with van der Waals surface area (Å²) in [7, 11) is 3.74. The fourth-order valence-corrected chi connectivity index (χ4v) is 1.39. The highest BCUT2D eigenvalue weighted by molar-refractivity contribution is 5.36. The zero-order valence-corrected chi connectivity index (χ0v) is 9.01. The topological polar surface area (TPSA) is 63.9 Å². The summed E-state index contributed by atoms with van der Waals surface area (Å²) in [5, 5.41) is 28.1. The molecule has 1 aromatic carbocycles. The lowest BCUT2D eigenvalue weighted by Gasteiger charge is -2.17. The van der Waals surface area contributed by atoms with Crippen LogP contribution in [0.4, 0.5) is 0 Å². The van der Waals surface area contributed by atoms with Crippen molar-refractivity contribution in [3.05, 3.63) is 29.3 Å². The first kappa shape index (κ1) is 12.0. The molecule has 15 heavy (non-hydrogen) atoms. The van der Waals surface area contributed by atoms with Gasteiger partial charge in [0.15, 0.2) is 0 Å². The minimum Gasteiger partial charge on any atom is -0.508 e. The quantitative estimate of drug-likeness (QED) is 0.678. The highest BCUT2D eigenvalue weighted by Gasteiger charge is 2.10. The Bertz CT molecular complexity index is 326. The molecule has 0 aromatic heterocycles. The summed E-state index contributed by atoms with van der Waals surface area (Å²) in [6, 6.07) is 4.76. The molecule has 0 saturated heterocycles. The zero-order chi connectivity index (χ0) is 11.4. The summed E-state index contributed by atoms with van der Waals surface area (Å²) in [6.07, 6.45) is -0.606. The van der Waals surface area contributed by atoms with Crippen molar-refractivity contribution < 1.29 is 15.3 Å². The van der Waals surface area contributed by atoms with Crippen LogP contribution >= 0.6 is 0 Å². The van der Waals surface area contributed by atoms with Crippen molar-refractivity contribution in [2.45, 2.75) is 12.7 Å². The Morgan fingerprint density at radius 2 is 2.00 bits per heavy atom.